The molecule has 4 nitrogen and oxygen atoms in total. The molecule has 1 heterocycles. The van der Waals surface area contributed by atoms with Crippen LogP contribution in [0, 0.1) is 0 Å². The molecule has 0 N–H and O–H groups in total. The van der Waals surface area contributed by atoms with Gasteiger partial charge in [0, 0.05) is 44.8 Å². The number of rotatable bonds is 8. The zero-order chi connectivity index (χ0) is 11.6. The van der Waals surface area contributed by atoms with Crippen LogP contribution in [0.25, 0.3) is 0 Å². The third-order valence-electron chi connectivity index (χ3n) is 2.69. The van der Waals surface area contributed by atoms with E-state index in [9.17, 15) is 0 Å². The maximum atomic E-state index is 5.55. The van der Waals surface area contributed by atoms with Crippen molar-refractivity contribution in [2.45, 2.75) is 12.5 Å². The van der Waals surface area contributed by atoms with Gasteiger partial charge in [-0.05, 0) is 6.42 Å². The van der Waals surface area contributed by atoms with Crippen molar-refractivity contribution in [3.8, 4) is 0 Å². The van der Waals surface area contributed by atoms with E-state index in [0.717, 1.165) is 57.9 Å². The topological polar surface area (TPSA) is 30.9 Å². The first-order chi connectivity index (χ1) is 7.88. The fraction of sp³-hybridized carbons (Fsp3) is 1.00. The summed E-state index contributed by atoms with van der Waals surface area (Å²) in [6.07, 6.45) is 0.974. The molecule has 0 amide bonds. The van der Waals surface area contributed by atoms with Crippen LogP contribution in [-0.2, 0) is 14.2 Å². The minimum Gasteiger partial charge on any atom is -0.385 e. The highest BCUT2D eigenvalue weighted by atomic mass is 79.9. The van der Waals surface area contributed by atoms with Gasteiger partial charge < -0.3 is 14.2 Å². The molecule has 1 aliphatic heterocycles. The smallest absolute Gasteiger partial charge is 0.0630 e. The average molecular weight is 296 g/mol. The van der Waals surface area contributed by atoms with E-state index < -0.39 is 0 Å². The third kappa shape index (κ3) is 5.59. The van der Waals surface area contributed by atoms with E-state index in [2.05, 4.69) is 20.8 Å². The molecule has 0 aliphatic carbocycles. The highest BCUT2D eigenvalue weighted by molar-refractivity contribution is 9.09. The lowest BCUT2D eigenvalue weighted by atomic mass is 10.2. The zero-order valence-corrected chi connectivity index (χ0v) is 11.6. The van der Waals surface area contributed by atoms with Gasteiger partial charge >= 0.3 is 0 Å². The van der Waals surface area contributed by atoms with Crippen molar-refractivity contribution in [3.05, 3.63) is 0 Å². The van der Waals surface area contributed by atoms with E-state index in [1.165, 1.54) is 0 Å². The summed E-state index contributed by atoms with van der Waals surface area (Å²) in [4.78, 5) is 2.43. The predicted octanol–water partition coefficient (Wildman–Crippen LogP) is 1.14. The summed E-state index contributed by atoms with van der Waals surface area (Å²) in [5, 5.41) is 0.969. The molecule has 96 valence electrons. The van der Waals surface area contributed by atoms with E-state index in [4.69, 9.17) is 14.2 Å². The summed E-state index contributed by atoms with van der Waals surface area (Å²) < 4.78 is 15.9. The summed E-state index contributed by atoms with van der Waals surface area (Å²) in [5.41, 5.74) is 0. The Labute approximate surface area is 106 Å². The van der Waals surface area contributed by atoms with Crippen LogP contribution in [0.5, 0.6) is 0 Å². The fourth-order valence-corrected chi connectivity index (χ4v) is 2.31. The van der Waals surface area contributed by atoms with Crippen LogP contribution >= 0.6 is 15.9 Å². The van der Waals surface area contributed by atoms with E-state index in [1.54, 1.807) is 7.11 Å². The number of halogens is 1. The summed E-state index contributed by atoms with van der Waals surface area (Å²) >= 11 is 3.52. The maximum absolute atomic E-state index is 5.55. The van der Waals surface area contributed by atoms with Crippen molar-refractivity contribution in [2.75, 3.05) is 58.6 Å². The van der Waals surface area contributed by atoms with Gasteiger partial charge in [0.25, 0.3) is 0 Å². The number of hydrogen-bond acceptors (Lipinski definition) is 4. The van der Waals surface area contributed by atoms with Crippen LogP contribution in [0.3, 0.4) is 0 Å². The Morgan fingerprint density at radius 1 is 1.38 bits per heavy atom. The molecule has 0 radical (unpaired) electrons. The molecule has 5 heteroatoms. The van der Waals surface area contributed by atoms with Crippen molar-refractivity contribution >= 4 is 15.9 Å². The lowest BCUT2D eigenvalue weighted by Gasteiger charge is -2.34. The summed E-state index contributed by atoms with van der Waals surface area (Å²) in [6, 6.07) is 0.497. The van der Waals surface area contributed by atoms with Gasteiger partial charge in [0.2, 0.25) is 0 Å². The van der Waals surface area contributed by atoms with Gasteiger partial charge in [-0.25, -0.2) is 0 Å². The third-order valence-corrected chi connectivity index (χ3v) is 3.43. The molecule has 0 aromatic rings. The van der Waals surface area contributed by atoms with Crippen LogP contribution in [0.2, 0.25) is 0 Å². The van der Waals surface area contributed by atoms with Gasteiger partial charge in [-0.15, -0.1) is 0 Å². The molecule has 1 fully saturated rings. The Hall–Kier alpha value is 0.320. The molecular weight excluding hydrogens is 274 g/mol. The van der Waals surface area contributed by atoms with Crippen LogP contribution in [0.4, 0.5) is 0 Å². The molecule has 0 aromatic heterocycles. The normalized spacial score (nSPS) is 22.5. The van der Waals surface area contributed by atoms with Gasteiger partial charge in [-0.2, -0.15) is 0 Å². The van der Waals surface area contributed by atoms with Crippen molar-refractivity contribution in [1.82, 2.24) is 4.90 Å². The number of ether oxygens (including phenoxy) is 3. The minimum atomic E-state index is 0.497. The van der Waals surface area contributed by atoms with E-state index >= 15 is 0 Å². The Morgan fingerprint density at radius 3 is 3.00 bits per heavy atom. The molecule has 1 rings (SSSR count). The van der Waals surface area contributed by atoms with Gasteiger partial charge in [0.1, 0.15) is 0 Å². The van der Waals surface area contributed by atoms with Crippen LogP contribution in [-0.4, -0.2) is 69.5 Å². The SMILES string of the molecule is COCCCOCCN1CCOCC1CBr. The van der Waals surface area contributed by atoms with Crippen molar-refractivity contribution in [2.24, 2.45) is 0 Å². The van der Waals surface area contributed by atoms with Crippen molar-refractivity contribution < 1.29 is 14.2 Å². The predicted molar refractivity (Wildman–Crippen MR) is 67.3 cm³/mol. The molecule has 1 saturated heterocycles. The highest BCUT2D eigenvalue weighted by Gasteiger charge is 2.21. The minimum absolute atomic E-state index is 0.497. The Kier molecular flexibility index (Phi) is 8.41. The maximum Gasteiger partial charge on any atom is 0.0630 e. The largest absolute Gasteiger partial charge is 0.385 e. The molecule has 1 aliphatic rings. The molecule has 0 saturated carbocycles. The van der Waals surface area contributed by atoms with Gasteiger partial charge in [-0.1, -0.05) is 15.9 Å². The van der Waals surface area contributed by atoms with Gasteiger partial charge in [0.15, 0.2) is 0 Å². The first-order valence-corrected chi connectivity index (χ1v) is 6.95. The molecule has 0 bridgehead atoms. The van der Waals surface area contributed by atoms with Crippen molar-refractivity contribution in [3.63, 3.8) is 0 Å². The highest BCUT2D eigenvalue weighted by Crippen LogP contribution is 2.08. The fourth-order valence-electron chi connectivity index (χ4n) is 1.71. The summed E-state index contributed by atoms with van der Waals surface area (Å²) in [5.74, 6) is 0. The Balaban J connectivity index is 2.02. The second kappa shape index (κ2) is 9.36. The van der Waals surface area contributed by atoms with E-state index in [-0.39, 0.29) is 0 Å². The van der Waals surface area contributed by atoms with Gasteiger partial charge in [0.05, 0.1) is 19.8 Å². The molecule has 1 unspecified atom stereocenters. The van der Waals surface area contributed by atoms with Crippen LogP contribution in [0.1, 0.15) is 6.42 Å². The molecule has 16 heavy (non-hydrogen) atoms. The lowest BCUT2D eigenvalue weighted by molar-refractivity contribution is -0.0128. The van der Waals surface area contributed by atoms with Gasteiger partial charge in [-0.3, -0.25) is 4.90 Å². The standard InChI is InChI=1S/C11H22BrNO3/c1-14-5-2-6-15-7-3-13-4-8-16-10-11(13)9-12/h11H,2-10H2,1H3. The summed E-state index contributed by atoms with van der Waals surface area (Å²) in [7, 11) is 1.72. The number of nitrogens with zero attached hydrogens (tertiary/aromatic N) is 1. The molecule has 0 aromatic carbocycles. The number of morpholine rings is 1. The monoisotopic (exact) mass is 295 g/mol. The van der Waals surface area contributed by atoms with Crippen molar-refractivity contribution in [1.29, 1.82) is 0 Å². The molecule has 0 spiro atoms. The quantitative estimate of drug-likeness (QED) is 0.496. The lowest BCUT2D eigenvalue weighted by Crippen LogP contribution is -2.47. The van der Waals surface area contributed by atoms with Crippen LogP contribution < -0.4 is 0 Å². The first-order valence-electron chi connectivity index (χ1n) is 5.83. The van der Waals surface area contributed by atoms with E-state index in [0.29, 0.717) is 6.04 Å². The van der Waals surface area contributed by atoms with Crippen LogP contribution in [0.15, 0.2) is 0 Å². The first kappa shape index (κ1) is 14.4. The Morgan fingerprint density at radius 2 is 2.25 bits per heavy atom. The summed E-state index contributed by atoms with van der Waals surface area (Å²) in [6.45, 7) is 6.04. The number of hydrogen-bond donors (Lipinski definition) is 0. The molecular formula is C11H22BrNO3. The number of methoxy groups -OCH3 is 1. The zero-order valence-electron chi connectivity index (χ0n) is 9.99. The van der Waals surface area contributed by atoms with E-state index in [1.807, 2.05) is 0 Å². The second-order valence-corrected chi connectivity index (χ2v) is 4.53. The second-order valence-electron chi connectivity index (χ2n) is 3.88. The number of alkyl halides is 1. The Bertz CT molecular complexity index is 171. The molecule has 1 atom stereocenters. The average Bonchev–Trinajstić information content (AvgIpc) is 2.34.